The maximum atomic E-state index is 13.0. The second kappa shape index (κ2) is 10.2. The third-order valence-corrected chi connectivity index (χ3v) is 6.16. The van der Waals surface area contributed by atoms with E-state index in [1.54, 1.807) is 6.20 Å². The molecule has 3 aromatic carbocycles. The van der Waals surface area contributed by atoms with E-state index in [2.05, 4.69) is 53.1 Å². The van der Waals surface area contributed by atoms with Gasteiger partial charge >= 0.3 is 0 Å². The van der Waals surface area contributed by atoms with Gasteiger partial charge in [-0.15, -0.1) is 0 Å². The number of anilines is 1. The van der Waals surface area contributed by atoms with E-state index in [9.17, 15) is 4.79 Å². The number of benzene rings is 3. The topological polar surface area (TPSA) is 59.0 Å². The van der Waals surface area contributed by atoms with Crippen LogP contribution in [0.1, 0.15) is 53.6 Å². The Balaban J connectivity index is 1.42. The van der Waals surface area contributed by atoms with Crippen molar-refractivity contribution in [1.82, 2.24) is 14.9 Å². The molecule has 0 saturated heterocycles. The third kappa shape index (κ3) is 5.84. The van der Waals surface area contributed by atoms with Crippen LogP contribution in [-0.4, -0.2) is 20.4 Å². The molecule has 4 rings (SSSR count). The molecule has 5 nitrogen and oxygen atoms in total. The Bertz CT molecular complexity index is 1350. The van der Waals surface area contributed by atoms with Crippen molar-refractivity contribution in [3.05, 3.63) is 113 Å². The first-order valence-corrected chi connectivity index (χ1v) is 12.0. The molecule has 0 bridgehead atoms. The summed E-state index contributed by atoms with van der Waals surface area (Å²) in [5, 5.41) is 6.96. The quantitative estimate of drug-likeness (QED) is 0.253. The number of nitrogens with one attached hydrogen (secondary N) is 2. The van der Waals surface area contributed by atoms with Gasteiger partial charge < -0.3 is 15.2 Å². The number of carbonyl (C=O) groups is 1. The van der Waals surface area contributed by atoms with Gasteiger partial charge in [-0.05, 0) is 53.9 Å². The van der Waals surface area contributed by atoms with Crippen molar-refractivity contribution < 1.29 is 4.79 Å². The van der Waals surface area contributed by atoms with E-state index < -0.39 is 0 Å². The van der Waals surface area contributed by atoms with Gasteiger partial charge in [-0.3, -0.25) is 4.79 Å². The molecule has 35 heavy (non-hydrogen) atoms. The number of hydrogen-bond donors (Lipinski definition) is 2. The van der Waals surface area contributed by atoms with Crippen molar-refractivity contribution in [2.24, 2.45) is 0 Å². The van der Waals surface area contributed by atoms with E-state index in [4.69, 9.17) is 12.2 Å². The van der Waals surface area contributed by atoms with Gasteiger partial charge in [0.05, 0.1) is 5.69 Å². The molecule has 6 heteroatoms. The first kappa shape index (κ1) is 24.4. The number of carbonyl (C=O) groups excluding carboxylic acids is 1. The van der Waals surface area contributed by atoms with Crippen molar-refractivity contribution in [2.45, 2.75) is 39.7 Å². The summed E-state index contributed by atoms with van der Waals surface area (Å²) in [5.74, 6) is 0.908. The molecule has 1 heterocycles. The van der Waals surface area contributed by atoms with Crippen LogP contribution in [0.15, 0.2) is 85.2 Å². The maximum absolute atomic E-state index is 13.0. The Morgan fingerprint density at radius 3 is 2.40 bits per heavy atom. The van der Waals surface area contributed by atoms with E-state index in [0.29, 0.717) is 22.8 Å². The van der Waals surface area contributed by atoms with E-state index in [1.807, 2.05) is 73.8 Å². The molecule has 0 unspecified atom stereocenters. The molecule has 2 N–H and O–H groups in total. The highest BCUT2D eigenvalue weighted by Gasteiger charge is 2.15. The maximum Gasteiger partial charge on any atom is 0.193 e. The summed E-state index contributed by atoms with van der Waals surface area (Å²) in [5.41, 5.74) is 5.45. The Labute approximate surface area is 212 Å². The van der Waals surface area contributed by atoms with Gasteiger partial charge in [0.15, 0.2) is 10.9 Å². The number of nitrogens with zero attached hydrogens (tertiary/aromatic N) is 2. The molecule has 0 aliphatic heterocycles. The van der Waals surface area contributed by atoms with Crippen molar-refractivity contribution in [2.75, 3.05) is 5.32 Å². The van der Waals surface area contributed by atoms with Crippen LogP contribution in [-0.2, 0) is 12.0 Å². The molecular formula is C29H30N4OS. The first-order chi connectivity index (χ1) is 16.7. The minimum absolute atomic E-state index is 0.0161. The summed E-state index contributed by atoms with van der Waals surface area (Å²) in [6, 6.07) is 23.4. The highest BCUT2D eigenvalue weighted by molar-refractivity contribution is 7.80. The molecule has 0 radical (unpaired) electrons. The molecule has 0 aliphatic carbocycles. The number of rotatable bonds is 6. The second-order valence-corrected chi connectivity index (χ2v) is 9.93. The number of imidazole rings is 1. The van der Waals surface area contributed by atoms with Gasteiger partial charge in [0, 0.05) is 35.8 Å². The van der Waals surface area contributed by atoms with Crippen LogP contribution in [0, 0.1) is 6.92 Å². The average Bonchev–Trinajstić information content (AvgIpc) is 3.27. The molecule has 178 valence electrons. The fourth-order valence-corrected chi connectivity index (χ4v) is 4.10. The molecule has 1 aromatic heterocycles. The summed E-state index contributed by atoms with van der Waals surface area (Å²) < 4.78 is 2.05. The van der Waals surface area contributed by atoms with E-state index >= 15 is 0 Å². The van der Waals surface area contributed by atoms with Gasteiger partial charge in [0.2, 0.25) is 0 Å². The van der Waals surface area contributed by atoms with Gasteiger partial charge in [-0.2, -0.15) is 0 Å². The summed E-state index contributed by atoms with van der Waals surface area (Å²) >= 11 is 5.53. The summed E-state index contributed by atoms with van der Waals surface area (Å²) in [7, 11) is 0. The third-order valence-electron chi connectivity index (χ3n) is 5.91. The average molecular weight is 483 g/mol. The number of thiocarbonyl (C=S) groups is 1. The molecule has 4 aromatic rings. The van der Waals surface area contributed by atoms with Crippen LogP contribution in [0.5, 0.6) is 0 Å². The zero-order chi connectivity index (χ0) is 25.0. The minimum atomic E-state index is -0.0161. The lowest BCUT2D eigenvalue weighted by molar-refractivity contribution is 0.103. The van der Waals surface area contributed by atoms with Crippen molar-refractivity contribution in [3.63, 3.8) is 0 Å². The van der Waals surface area contributed by atoms with Crippen molar-refractivity contribution in [1.29, 1.82) is 0 Å². The fraction of sp³-hybridized carbons (Fsp3) is 0.207. The van der Waals surface area contributed by atoms with E-state index in [1.165, 1.54) is 5.56 Å². The zero-order valence-electron chi connectivity index (χ0n) is 20.5. The highest BCUT2D eigenvalue weighted by atomic mass is 32.1. The predicted octanol–water partition coefficient (Wildman–Crippen LogP) is 6.20. The number of hydrogen-bond acceptors (Lipinski definition) is 3. The van der Waals surface area contributed by atoms with E-state index in [-0.39, 0.29) is 11.2 Å². The number of aromatic nitrogens is 2. The lowest BCUT2D eigenvalue weighted by Crippen LogP contribution is -2.28. The van der Waals surface area contributed by atoms with Crippen LogP contribution in [0.3, 0.4) is 0 Å². The monoisotopic (exact) mass is 482 g/mol. The molecule has 0 amide bonds. The summed E-state index contributed by atoms with van der Waals surface area (Å²) in [6.45, 7) is 9.01. The highest BCUT2D eigenvalue weighted by Crippen LogP contribution is 2.23. The molecular weight excluding hydrogens is 452 g/mol. The van der Waals surface area contributed by atoms with Crippen molar-refractivity contribution in [3.8, 4) is 5.69 Å². The lowest BCUT2D eigenvalue weighted by Gasteiger charge is -2.19. The molecule has 0 fully saturated rings. The van der Waals surface area contributed by atoms with Crippen LogP contribution in [0.25, 0.3) is 5.69 Å². The van der Waals surface area contributed by atoms with Crippen LogP contribution in [0.2, 0.25) is 0 Å². The molecule has 0 aliphatic rings. The first-order valence-electron chi connectivity index (χ1n) is 11.6. The Kier molecular flexibility index (Phi) is 7.12. The smallest absolute Gasteiger partial charge is 0.193 e. The van der Waals surface area contributed by atoms with Gasteiger partial charge in [0.1, 0.15) is 5.82 Å². The zero-order valence-corrected chi connectivity index (χ0v) is 21.3. The normalized spacial score (nSPS) is 11.2. The minimum Gasteiger partial charge on any atom is -0.358 e. The molecule has 0 saturated carbocycles. The van der Waals surface area contributed by atoms with Crippen LogP contribution in [0.4, 0.5) is 5.69 Å². The van der Waals surface area contributed by atoms with Gasteiger partial charge in [-0.25, -0.2) is 4.98 Å². The molecule has 0 spiro atoms. The van der Waals surface area contributed by atoms with Gasteiger partial charge in [0.25, 0.3) is 0 Å². The Hall–Kier alpha value is -3.77. The van der Waals surface area contributed by atoms with E-state index in [0.717, 1.165) is 22.8 Å². The summed E-state index contributed by atoms with van der Waals surface area (Å²) in [6.07, 6.45) is 3.74. The Morgan fingerprint density at radius 2 is 1.71 bits per heavy atom. The fourth-order valence-electron chi connectivity index (χ4n) is 3.91. The van der Waals surface area contributed by atoms with Gasteiger partial charge in [-0.1, -0.05) is 75.4 Å². The second-order valence-electron chi connectivity index (χ2n) is 9.52. The largest absolute Gasteiger partial charge is 0.358 e. The van der Waals surface area contributed by atoms with Crippen molar-refractivity contribution >= 4 is 28.8 Å². The number of para-hydroxylation sites is 1. The standard InChI is InChI=1S/C29H30N4OS/c1-20-30-16-17-33(20)26-11-6-5-8-23(26)19-31-28(35)32-25-10-7-9-22(18-25)27(34)21-12-14-24(15-13-21)29(2,3)4/h5-18H,19H2,1-4H3,(H2,31,32,35). The van der Waals surface area contributed by atoms with Crippen LogP contribution < -0.4 is 10.6 Å². The summed E-state index contributed by atoms with van der Waals surface area (Å²) in [4.78, 5) is 17.4. The SMILES string of the molecule is Cc1nccn1-c1ccccc1CNC(=S)Nc1cccc(C(=O)c2ccc(C(C)(C)C)cc2)c1. The molecule has 0 atom stereocenters. The predicted molar refractivity (Wildman–Crippen MR) is 146 cm³/mol. The number of aryl methyl sites for hydroxylation is 1. The van der Waals surface area contributed by atoms with Crippen LogP contribution >= 0.6 is 12.2 Å². The Morgan fingerprint density at radius 1 is 0.971 bits per heavy atom. The lowest BCUT2D eigenvalue weighted by atomic mass is 9.86. The number of ketones is 1.